The molecule has 0 unspecified atom stereocenters. The largest absolute Gasteiger partial charge is 0.508 e. The number of thioether (sulfide) groups is 1. The summed E-state index contributed by atoms with van der Waals surface area (Å²) in [5, 5.41) is 19.7. The Hall–Kier alpha value is -3.13. The Kier molecular flexibility index (Phi) is 4.53. The number of amides is 2. The van der Waals surface area contributed by atoms with Crippen molar-refractivity contribution in [2.45, 2.75) is 6.54 Å². The van der Waals surface area contributed by atoms with Crippen molar-refractivity contribution in [3.8, 4) is 5.75 Å². The molecule has 0 aromatic heterocycles. The first kappa shape index (κ1) is 16.7. The Morgan fingerprint density at radius 3 is 2.56 bits per heavy atom. The summed E-state index contributed by atoms with van der Waals surface area (Å²) in [7, 11) is 0. The van der Waals surface area contributed by atoms with Crippen molar-refractivity contribution in [3.63, 3.8) is 0 Å². The van der Waals surface area contributed by atoms with E-state index in [0.717, 1.165) is 16.7 Å². The van der Waals surface area contributed by atoms with E-state index < -0.39 is 16.1 Å². The summed E-state index contributed by atoms with van der Waals surface area (Å²) in [4.78, 5) is 36.2. The molecule has 1 aliphatic rings. The number of hydrogen-bond acceptors (Lipinski definition) is 6. The maximum atomic E-state index is 12.4. The predicted molar refractivity (Wildman–Crippen MR) is 92.7 cm³/mol. The monoisotopic (exact) mass is 356 g/mol. The summed E-state index contributed by atoms with van der Waals surface area (Å²) in [5.41, 5.74) is 1.09. The number of phenolic OH excluding ortho intramolecular Hbond substituents is 1. The van der Waals surface area contributed by atoms with Gasteiger partial charge in [0.15, 0.2) is 0 Å². The zero-order valence-electron chi connectivity index (χ0n) is 12.8. The third kappa shape index (κ3) is 3.69. The van der Waals surface area contributed by atoms with E-state index in [9.17, 15) is 24.8 Å². The number of nitrogens with zero attached hydrogens (tertiary/aromatic N) is 2. The maximum absolute atomic E-state index is 12.4. The van der Waals surface area contributed by atoms with Crippen molar-refractivity contribution in [1.82, 2.24) is 4.90 Å². The quantitative estimate of drug-likeness (QED) is 0.511. The number of imide groups is 1. The van der Waals surface area contributed by atoms with Gasteiger partial charge in [0.05, 0.1) is 16.4 Å². The Morgan fingerprint density at radius 1 is 1.16 bits per heavy atom. The van der Waals surface area contributed by atoms with Crippen LogP contribution >= 0.6 is 11.8 Å². The van der Waals surface area contributed by atoms with E-state index in [-0.39, 0.29) is 22.9 Å². The lowest BCUT2D eigenvalue weighted by atomic mass is 10.2. The molecule has 0 aliphatic carbocycles. The second-order valence-electron chi connectivity index (χ2n) is 5.29. The predicted octanol–water partition coefficient (Wildman–Crippen LogP) is 3.54. The zero-order chi connectivity index (χ0) is 18.0. The number of nitro groups is 1. The molecule has 2 aromatic rings. The fraction of sp³-hybridized carbons (Fsp3) is 0.0588. The Labute approximate surface area is 146 Å². The van der Waals surface area contributed by atoms with Crippen molar-refractivity contribution < 1.29 is 19.6 Å². The van der Waals surface area contributed by atoms with Crippen LogP contribution in [0, 0.1) is 10.1 Å². The molecule has 2 amide bonds. The standard InChI is InChI=1S/C17H12N2O5S/c20-14-6-4-11(5-7-14)9-15-16(21)18(17(22)25-15)10-12-2-1-3-13(8-12)19(23)24/h1-9,20H,10H2. The minimum atomic E-state index is -0.526. The van der Waals surface area contributed by atoms with Gasteiger partial charge < -0.3 is 5.11 Å². The molecule has 2 aromatic carbocycles. The highest BCUT2D eigenvalue weighted by Crippen LogP contribution is 2.33. The molecule has 0 spiro atoms. The van der Waals surface area contributed by atoms with Crippen LogP contribution in [0.1, 0.15) is 11.1 Å². The Balaban J connectivity index is 1.81. The lowest BCUT2D eigenvalue weighted by molar-refractivity contribution is -0.384. The lowest BCUT2D eigenvalue weighted by Gasteiger charge is -2.12. The molecule has 1 heterocycles. The molecule has 1 fully saturated rings. The number of nitro benzene ring substituents is 1. The summed E-state index contributed by atoms with van der Waals surface area (Å²) in [6, 6.07) is 12.1. The topological polar surface area (TPSA) is 101 Å². The van der Waals surface area contributed by atoms with E-state index in [1.54, 1.807) is 24.3 Å². The average Bonchev–Trinajstić information content (AvgIpc) is 2.85. The molecular weight excluding hydrogens is 344 g/mol. The number of hydrogen-bond donors (Lipinski definition) is 1. The number of rotatable bonds is 4. The van der Waals surface area contributed by atoms with Crippen LogP contribution in [-0.2, 0) is 11.3 Å². The number of phenols is 1. The van der Waals surface area contributed by atoms with Gasteiger partial charge in [-0.05, 0) is 41.1 Å². The summed E-state index contributed by atoms with van der Waals surface area (Å²) in [6.07, 6.45) is 1.57. The first-order chi connectivity index (χ1) is 11.9. The molecule has 1 N–H and O–H groups in total. The Bertz CT molecular complexity index is 892. The molecule has 1 saturated heterocycles. The van der Waals surface area contributed by atoms with Gasteiger partial charge in [0.25, 0.3) is 16.8 Å². The SMILES string of the molecule is O=C1SC(=Cc2ccc(O)cc2)C(=O)N1Cc1cccc([N+](=O)[O-])c1. The molecular formula is C17H12N2O5S. The van der Waals surface area contributed by atoms with Gasteiger partial charge in [-0.2, -0.15) is 0 Å². The van der Waals surface area contributed by atoms with Crippen molar-refractivity contribution in [3.05, 3.63) is 74.7 Å². The fourth-order valence-electron chi connectivity index (χ4n) is 2.31. The highest BCUT2D eigenvalue weighted by atomic mass is 32.2. The summed E-state index contributed by atoms with van der Waals surface area (Å²) < 4.78 is 0. The molecule has 126 valence electrons. The molecule has 0 atom stereocenters. The Morgan fingerprint density at radius 2 is 1.88 bits per heavy atom. The van der Waals surface area contributed by atoms with Gasteiger partial charge in [0, 0.05) is 12.1 Å². The van der Waals surface area contributed by atoms with Gasteiger partial charge in [0.2, 0.25) is 0 Å². The van der Waals surface area contributed by atoms with E-state index in [2.05, 4.69) is 0 Å². The van der Waals surface area contributed by atoms with Crippen LogP contribution in [0.15, 0.2) is 53.4 Å². The zero-order valence-corrected chi connectivity index (χ0v) is 13.6. The first-order valence-corrected chi connectivity index (χ1v) is 8.03. The maximum Gasteiger partial charge on any atom is 0.293 e. The molecule has 8 heteroatoms. The average molecular weight is 356 g/mol. The summed E-state index contributed by atoms with van der Waals surface area (Å²) >= 11 is 0.813. The van der Waals surface area contributed by atoms with Crippen LogP contribution in [0.4, 0.5) is 10.5 Å². The fourth-order valence-corrected chi connectivity index (χ4v) is 3.15. The van der Waals surface area contributed by atoms with Crippen LogP contribution in [0.5, 0.6) is 5.75 Å². The van der Waals surface area contributed by atoms with E-state index in [4.69, 9.17) is 0 Å². The van der Waals surface area contributed by atoms with E-state index in [1.165, 1.54) is 30.3 Å². The van der Waals surface area contributed by atoms with Crippen molar-refractivity contribution in [2.75, 3.05) is 0 Å². The van der Waals surface area contributed by atoms with Gasteiger partial charge in [-0.1, -0.05) is 24.3 Å². The van der Waals surface area contributed by atoms with Crippen molar-refractivity contribution >= 4 is 34.7 Å². The number of aromatic hydroxyl groups is 1. The molecule has 0 saturated carbocycles. The minimum absolute atomic E-state index is 0.0285. The second-order valence-corrected chi connectivity index (χ2v) is 6.28. The number of benzene rings is 2. The highest BCUT2D eigenvalue weighted by Gasteiger charge is 2.35. The van der Waals surface area contributed by atoms with Crippen LogP contribution in [0.25, 0.3) is 6.08 Å². The number of carbonyl (C=O) groups excluding carboxylic acids is 2. The minimum Gasteiger partial charge on any atom is -0.508 e. The van der Waals surface area contributed by atoms with Crippen LogP contribution < -0.4 is 0 Å². The number of carbonyl (C=O) groups is 2. The normalized spacial score (nSPS) is 15.8. The van der Waals surface area contributed by atoms with Gasteiger partial charge in [-0.15, -0.1) is 0 Å². The molecule has 25 heavy (non-hydrogen) atoms. The molecule has 7 nitrogen and oxygen atoms in total. The molecule has 1 aliphatic heterocycles. The summed E-state index contributed by atoms with van der Waals surface area (Å²) in [6.45, 7) is -0.0285. The van der Waals surface area contributed by atoms with Gasteiger partial charge >= 0.3 is 0 Å². The van der Waals surface area contributed by atoms with Crippen LogP contribution in [-0.4, -0.2) is 26.1 Å². The van der Waals surface area contributed by atoms with Gasteiger partial charge in [-0.3, -0.25) is 24.6 Å². The smallest absolute Gasteiger partial charge is 0.293 e. The third-order valence-corrected chi connectivity index (χ3v) is 4.43. The van der Waals surface area contributed by atoms with Crippen molar-refractivity contribution in [1.29, 1.82) is 0 Å². The first-order valence-electron chi connectivity index (χ1n) is 7.22. The molecule has 0 radical (unpaired) electrons. The molecule has 0 bridgehead atoms. The lowest BCUT2D eigenvalue weighted by Crippen LogP contribution is -2.27. The third-order valence-electron chi connectivity index (χ3n) is 3.53. The van der Waals surface area contributed by atoms with Crippen LogP contribution in [0.2, 0.25) is 0 Å². The van der Waals surface area contributed by atoms with E-state index in [0.29, 0.717) is 11.1 Å². The van der Waals surface area contributed by atoms with Gasteiger partial charge in [0.1, 0.15) is 5.75 Å². The van der Waals surface area contributed by atoms with E-state index >= 15 is 0 Å². The number of non-ortho nitro benzene ring substituents is 1. The van der Waals surface area contributed by atoms with Crippen LogP contribution in [0.3, 0.4) is 0 Å². The van der Waals surface area contributed by atoms with Gasteiger partial charge in [-0.25, -0.2) is 0 Å². The highest BCUT2D eigenvalue weighted by molar-refractivity contribution is 8.18. The van der Waals surface area contributed by atoms with E-state index in [1.807, 2.05) is 0 Å². The van der Waals surface area contributed by atoms with Crippen molar-refractivity contribution in [2.24, 2.45) is 0 Å². The second kappa shape index (κ2) is 6.78. The summed E-state index contributed by atoms with van der Waals surface area (Å²) in [5.74, 6) is -0.342. The molecule has 3 rings (SSSR count).